The topological polar surface area (TPSA) is 49.8 Å². The first kappa shape index (κ1) is 14.7. The molecule has 0 amide bonds. The number of thioether (sulfide) groups is 2. The Morgan fingerprint density at radius 1 is 0.870 bits per heavy atom. The Morgan fingerprint density at radius 2 is 1.52 bits per heavy atom. The molecule has 0 radical (unpaired) electrons. The first-order valence-electron chi connectivity index (χ1n) is 7.36. The number of rotatable bonds is 3. The maximum atomic E-state index is 4.85. The molecule has 1 aliphatic heterocycles. The van der Waals surface area contributed by atoms with Crippen molar-refractivity contribution >= 4 is 51.6 Å². The van der Waals surface area contributed by atoms with E-state index in [0.717, 1.165) is 48.8 Å². The summed E-state index contributed by atoms with van der Waals surface area (Å²) in [6.45, 7) is 2.08. The third kappa shape index (κ3) is 2.72. The Kier molecular flexibility index (Phi) is 3.79. The highest BCUT2D eigenvalue weighted by atomic mass is 32.2. The lowest BCUT2D eigenvalue weighted by Crippen LogP contribution is -1.97. The highest BCUT2D eigenvalue weighted by Gasteiger charge is 2.18. The van der Waals surface area contributed by atoms with Crippen molar-refractivity contribution in [3.63, 3.8) is 0 Å². The molecule has 0 aliphatic carbocycles. The predicted molar refractivity (Wildman–Crippen MR) is 100 cm³/mol. The standard InChI is InChI=1S/C17H16N4S2/c1-10-3-8-13(19-12-6-4-11(18-2)5-7-12)15-14(10)20-16-17(21-15)23-9-22-16/h3-8,18-19H,9H2,1-2H3. The van der Waals surface area contributed by atoms with Crippen molar-refractivity contribution in [3.05, 3.63) is 42.0 Å². The molecule has 4 nitrogen and oxygen atoms in total. The molecule has 0 atom stereocenters. The van der Waals surface area contributed by atoms with Gasteiger partial charge in [0, 0.05) is 18.4 Å². The van der Waals surface area contributed by atoms with E-state index in [9.17, 15) is 0 Å². The van der Waals surface area contributed by atoms with Crippen molar-refractivity contribution < 1.29 is 0 Å². The molecule has 1 aliphatic rings. The third-order valence-electron chi connectivity index (χ3n) is 3.81. The Hall–Kier alpha value is -1.92. The van der Waals surface area contributed by atoms with E-state index in [1.165, 1.54) is 0 Å². The number of nitrogens with zero attached hydrogens (tertiary/aromatic N) is 2. The van der Waals surface area contributed by atoms with E-state index in [1.807, 2.05) is 7.05 Å². The molecule has 2 aromatic carbocycles. The van der Waals surface area contributed by atoms with Gasteiger partial charge in [0.1, 0.15) is 15.6 Å². The van der Waals surface area contributed by atoms with Crippen LogP contribution < -0.4 is 10.6 Å². The van der Waals surface area contributed by atoms with Crippen molar-refractivity contribution in [2.75, 3.05) is 22.8 Å². The second kappa shape index (κ2) is 5.94. The number of nitrogens with one attached hydrogen (secondary N) is 2. The summed E-state index contributed by atoms with van der Waals surface area (Å²) >= 11 is 3.53. The Labute approximate surface area is 143 Å². The van der Waals surface area contributed by atoms with Crippen LogP contribution in [0, 0.1) is 6.92 Å². The maximum absolute atomic E-state index is 4.85. The maximum Gasteiger partial charge on any atom is 0.130 e. The Bertz CT molecular complexity index is 878. The smallest absolute Gasteiger partial charge is 0.130 e. The minimum absolute atomic E-state index is 0.941. The second-order valence-electron chi connectivity index (χ2n) is 5.32. The molecule has 0 fully saturated rings. The largest absolute Gasteiger partial charge is 0.388 e. The van der Waals surface area contributed by atoms with E-state index >= 15 is 0 Å². The normalized spacial score (nSPS) is 13.1. The highest BCUT2D eigenvalue weighted by Crippen LogP contribution is 2.41. The van der Waals surface area contributed by atoms with Crippen LogP contribution in [0.4, 0.5) is 17.1 Å². The van der Waals surface area contributed by atoms with Gasteiger partial charge in [0.25, 0.3) is 0 Å². The first-order chi connectivity index (χ1) is 11.2. The monoisotopic (exact) mass is 340 g/mol. The van der Waals surface area contributed by atoms with Crippen LogP contribution in [0.3, 0.4) is 0 Å². The molecule has 3 aromatic rings. The lowest BCUT2D eigenvalue weighted by Gasteiger charge is -2.12. The lowest BCUT2D eigenvalue weighted by molar-refractivity contribution is 0.978. The third-order valence-corrected chi connectivity index (χ3v) is 5.99. The number of hydrogen-bond donors (Lipinski definition) is 2. The SMILES string of the molecule is CNc1ccc(Nc2ccc(C)c3nc4c(nc23)SCS4)cc1. The second-order valence-corrected chi connectivity index (χ2v) is 7.61. The molecule has 0 unspecified atom stereocenters. The van der Waals surface area contributed by atoms with Gasteiger partial charge in [0.2, 0.25) is 0 Å². The molecular weight excluding hydrogens is 324 g/mol. The quantitative estimate of drug-likeness (QED) is 0.709. The van der Waals surface area contributed by atoms with Crippen LogP contribution in [0.1, 0.15) is 5.56 Å². The van der Waals surface area contributed by atoms with Crippen molar-refractivity contribution in [1.29, 1.82) is 0 Å². The summed E-state index contributed by atoms with van der Waals surface area (Å²) in [5.41, 5.74) is 6.21. The first-order valence-corrected chi connectivity index (χ1v) is 9.33. The average Bonchev–Trinajstić information content (AvgIpc) is 3.04. The summed E-state index contributed by atoms with van der Waals surface area (Å²) in [7, 11) is 1.92. The van der Waals surface area contributed by atoms with Crippen LogP contribution in [-0.2, 0) is 0 Å². The van der Waals surface area contributed by atoms with Crippen LogP contribution in [0.25, 0.3) is 11.0 Å². The van der Waals surface area contributed by atoms with Crippen LogP contribution >= 0.6 is 23.5 Å². The fourth-order valence-electron chi connectivity index (χ4n) is 2.54. The van der Waals surface area contributed by atoms with Crippen molar-refractivity contribution in [1.82, 2.24) is 9.97 Å². The number of fused-ring (bicyclic) bond motifs is 2. The zero-order chi connectivity index (χ0) is 15.8. The average molecular weight is 340 g/mol. The van der Waals surface area contributed by atoms with E-state index in [1.54, 1.807) is 23.5 Å². The van der Waals surface area contributed by atoms with Gasteiger partial charge >= 0.3 is 0 Å². The van der Waals surface area contributed by atoms with Crippen molar-refractivity contribution in [2.45, 2.75) is 17.0 Å². The molecule has 2 heterocycles. The van der Waals surface area contributed by atoms with Crippen LogP contribution in [0.15, 0.2) is 46.5 Å². The molecule has 116 valence electrons. The van der Waals surface area contributed by atoms with Crippen LogP contribution in [0.5, 0.6) is 0 Å². The highest BCUT2D eigenvalue weighted by molar-refractivity contribution is 8.18. The Balaban J connectivity index is 1.78. The summed E-state index contributed by atoms with van der Waals surface area (Å²) in [5, 5.41) is 9.70. The molecule has 0 spiro atoms. The van der Waals surface area contributed by atoms with Gasteiger partial charge in [-0.05, 0) is 42.8 Å². The minimum Gasteiger partial charge on any atom is -0.388 e. The zero-order valence-corrected chi connectivity index (χ0v) is 14.5. The summed E-state index contributed by atoms with van der Waals surface area (Å²) in [4.78, 5) is 9.67. The van der Waals surface area contributed by atoms with Crippen LogP contribution in [0.2, 0.25) is 0 Å². The van der Waals surface area contributed by atoms with E-state index in [4.69, 9.17) is 9.97 Å². The minimum atomic E-state index is 0.941. The van der Waals surface area contributed by atoms with Gasteiger partial charge < -0.3 is 10.6 Å². The zero-order valence-electron chi connectivity index (χ0n) is 12.9. The van der Waals surface area contributed by atoms with Gasteiger partial charge in [0.15, 0.2) is 0 Å². The van der Waals surface area contributed by atoms with E-state index in [0.29, 0.717) is 0 Å². The number of aromatic nitrogens is 2. The predicted octanol–water partition coefficient (Wildman–Crippen LogP) is 4.88. The number of benzene rings is 2. The van der Waals surface area contributed by atoms with Crippen LogP contribution in [-0.4, -0.2) is 22.1 Å². The summed E-state index contributed by atoms with van der Waals surface area (Å²) in [6.07, 6.45) is 0. The van der Waals surface area contributed by atoms with Gasteiger partial charge in [-0.3, -0.25) is 0 Å². The van der Waals surface area contributed by atoms with Crippen molar-refractivity contribution in [2.24, 2.45) is 0 Å². The molecule has 2 N–H and O–H groups in total. The number of aryl methyl sites for hydroxylation is 1. The van der Waals surface area contributed by atoms with Gasteiger partial charge in [-0.1, -0.05) is 29.6 Å². The molecule has 0 saturated heterocycles. The molecule has 23 heavy (non-hydrogen) atoms. The van der Waals surface area contributed by atoms with E-state index in [2.05, 4.69) is 54.0 Å². The van der Waals surface area contributed by atoms with E-state index in [-0.39, 0.29) is 0 Å². The van der Waals surface area contributed by atoms with Crippen molar-refractivity contribution in [3.8, 4) is 0 Å². The number of anilines is 3. The summed E-state index contributed by atoms with van der Waals surface area (Å²) in [6, 6.07) is 12.4. The molecule has 6 heteroatoms. The van der Waals surface area contributed by atoms with Gasteiger partial charge in [-0.25, -0.2) is 9.97 Å². The number of hydrogen-bond acceptors (Lipinski definition) is 6. The molecule has 0 bridgehead atoms. The molecule has 4 rings (SSSR count). The molecule has 1 aromatic heterocycles. The lowest BCUT2D eigenvalue weighted by atomic mass is 10.1. The summed E-state index contributed by atoms with van der Waals surface area (Å²) < 4.78 is 0. The molecular formula is C17H16N4S2. The summed E-state index contributed by atoms with van der Waals surface area (Å²) in [5.74, 6) is 0. The van der Waals surface area contributed by atoms with Gasteiger partial charge in [-0.15, -0.1) is 0 Å². The van der Waals surface area contributed by atoms with E-state index < -0.39 is 0 Å². The fraction of sp³-hybridized carbons (Fsp3) is 0.176. The fourth-order valence-corrected chi connectivity index (χ4v) is 4.67. The van der Waals surface area contributed by atoms with Gasteiger partial charge in [0.05, 0.1) is 16.3 Å². The molecule has 0 saturated carbocycles. The Morgan fingerprint density at radius 3 is 2.22 bits per heavy atom. The van der Waals surface area contributed by atoms with Gasteiger partial charge in [-0.2, -0.15) is 0 Å².